The van der Waals surface area contributed by atoms with Gasteiger partial charge in [-0.3, -0.25) is 4.79 Å². The van der Waals surface area contributed by atoms with Crippen molar-refractivity contribution in [1.29, 1.82) is 0 Å². The molecule has 1 aromatic rings. The number of rotatable bonds is 8. The van der Waals surface area contributed by atoms with Gasteiger partial charge in [-0.1, -0.05) is 12.1 Å². The third kappa shape index (κ3) is 5.51. The summed E-state index contributed by atoms with van der Waals surface area (Å²) in [4.78, 5) is 11.8. The van der Waals surface area contributed by atoms with Gasteiger partial charge in [-0.25, -0.2) is 12.7 Å². The molecule has 0 aromatic heterocycles. The van der Waals surface area contributed by atoms with Crippen molar-refractivity contribution in [2.24, 2.45) is 0 Å². The van der Waals surface area contributed by atoms with E-state index < -0.39 is 10.0 Å². The van der Waals surface area contributed by atoms with Crippen molar-refractivity contribution >= 4 is 15.9 Å². The Kier molecular flexibility index (Phi) is 6.41. The number of hydrogen-bond donors (Lipinski definition) is 1. The number of methoxy groups -OCH3 is 1. The molecule has 1 amide bonds. The third-order valence-corrected chi connectivity index (χ3v) is 5.79. The van der Waals surface area contributed by atoms with Crippen LogP contribution in [0.2, 0.25) is 0 Å². The fourth-order valence-corrected chi connectivity index (χ4v) is 4.10. The average Bonchev–Trinajstić information content (AvgIpc) is 3.09. The monoisotopic (exact) mass is 340 g/mol. The SMILES string of the molecule is COc1cccc(CCNC(=O)CCS(=O)(=O)N2CCCC2)c1. The summed E-state index contributed by atoms with van der Waals surface area (Å²) in [5.41, 5.74) is 1.06. The van der Waals surface area contributed by atoms with E-state index >= 15 is 0 Å². The van der Waals surface area contributed by atoms with Crippen LogP contribution in [0.5, 0.6) is 5.75 Å². The van der Waals surface area contributed by atoms with E-state index in [2.05, 4.69) is 5.32 Å². The van der Waals surface area contributed by atoms with Gasteiger partial charge in [-0.05, 0) is 37.0 Å². The van der Waals surface area contributed by atoms with Crippen molar-refractivity contribution in [2.75, 3.05) is 32.5 Å². The molecule has 0 aliphatic carbocycles. The molecule has 1 aliphatic rings. The van der Waals surface area contributed by atoms with Gasteiger partial charge in [-0.15, -0.1) is 0 Å². The highest BCUT2D eigenvalue weighted by Crippen LogP contribution is 2.14. The van der Waals surface area contributed by atoms with Crippen molar-refractivity contribution in [3.63, 3.8) is 0 Å². The summed E-state index contributed by atoms with van der Waals surface area (Å²) in [7, 11) is -1.67. The molecule has 1 fully saturated rings. The highest BCUT2D eigenvalue weighted by Gasteiger charge is 2.25. The molecular weight excluding hydrogens is 316 g/mol. The lowest BCUT2D eigenvalue weighted by Crippen LogP contribution is -2.33. The van der Waals surface area contributed by atoms with Crippen LogP contribution >= 0.6 is 0 Å². The molecule has 2 rings (SSSR count). The number of benzene rings is 1. The Morgan fingerprint density at radius 1 is 1.30 bits per heavy atom. The van der Waals surface area contributed by atoms with Crippen molar-refractivity contribution in [3.05, 3.63) is 29.8 Å². The van der Waals surface area contributed by atoms with Crippen LogP contribution in [0.4, 0.5) is 0 Å². The molecule has 1 saturated heterocycles. The van der Waals surface area contributed by atoms with Gasteiger partial charge >= 0.3 is 0 Å². The van der Waals surface area contributed by atoms with Crippen molar-refractivity contribution in [1.82, 2.24) is 9.62 Å². The zero-order chi connectivity index (χ0) is 16.7. The standard InChI is InChI=1S/C16H24N2O4S/c1-22-15-6-4-5-14(13-15)7-9-17-16(19)8-12-23(20,21)18-10-2-3-11-18/h4-6,13H,2-3,7-12H2,1H3,(H,17,19). The Hall–Kier alpha value is -1.60. The summed E-state index contributed by atoms with van der Waals surface area (Å²) in [5, 5.41) is 2.77. The van der Waals surface area contributed by atoms with E-state index in [4.69, 9.17) is 4.74 Å². The number of carbonyl (C=O) groups excluding carboxylic acids is 1. The van der Waals surface area contributed by atoms with Gasteiger partial charge in [0.1, 0.15) is 5.75 Å². The second kappa shape index (κ2) is 8.31. The van der Waals surface area contributed by atoms with E-state index in [1.165, 1.54) is 4.31 Å². The van der Waals surface area contributed by atoms with E-state index in [9.17, 15) is 13.2 Å². The maximum Gasteiger partial charge on any atom is 0.221 e. The Morgan fingerprint density at radius 3 is 2.74 bits per heavy atom. The second-order valence-corrected chi connectivity index (χ2v) is 7.71. The average molecular weight is 340 g/mol. The van der Waals surface area contributed by atoms with Crippen LogP contribution in [-0.4, -0.2) is 51.1 Å². The van der Waals surface area contributed by atoms with Crippen molar-refractivity contribution in [3.8, 4) is 5.75 Å². The normalized spacial score (nSPS) is 15.5. The largest absolute Gasteiger partial charge is 0.497 e. The van der Waals surface area contributed by atoms with Crippen LogP contribution in [0.3, 0.4) is 0 Å². The molecule has 0 spiro atoms. The minimum Gasteiger partial charge on any atom is -0.497 e. The van der Waals surface area contributed by atoms with Crippen LogP contribution in [0, 0.1) is 0 Å². The molecule has 0 atom stereocenters. The number of amides is 1. The Labute approximate surface area is 137 Å². The maximum absolute atomic E-state index is 12.0. The number of nitrogens with one attached hydrogen (secondary N) is 1. The molecular formula is C16H24N2O4S. The topological polar surface area (TPSA) is 75.7 Å². The number of hydrogen-bond acceptors (Lipinski definition) is 4. The summed E-state index contributed by atoms with van der Waals surface area (Å²) in [5.74, 6) is 0.444. The van der Waals surface area contributed by atoms with Crippen LogP contribution in [0.25, 0.3) is 0 Å². The van der Waals surface area contributed by atoms with E-state index in [0.717, 1.165) is 24.2 Å². The van der Waals surface area contributed by atoms with Crippen LogP contribution in [-0.2, 0) is 21.2 Å². The Balaban J connectivity index is 1.70. The van der Waals surface area contributed by atoms with Gasteiger partial charge in [0.2, 0.25) is 15.9 Å². The number of ether oxygens (including phenoxy) is 1. The lowest BCUT2D eigenvalue weighted by molar-refractivity contribution is -0.120. The fourth-order valence-electron chi connectivity index (χ4n) is 2.58. The van der Waals surface area contributed by atoms with E-state index in [1.54, 1.807) is 7.11 Å². The first kappa shape index (κ1) is 17.7. The van der Waals surface area contributed by atoms with Crippen LogP contribution in [0.1, 0.15) is 24.8 Å². The second-order valence-electron chi connectivity index (χ2n) is 5.62. The first-order chi connectivity index (χ1) is 11.0. The lowest BCUT2D eigenvalue weighted by Gasteiger charge is -2.15. The Morgan fingerprint density at radius 2 is 2.04 bits per heavy atom. The molecule has 6 nitrogen and oxygen atoms in total. The minimum absolute atomic E-state index is 0.0109. The third-order valence-electron chi connectivity index (χ3n) is 3.92. The van der Waals surface area contributed by atoms with Crippen LogP contribution in [0.15, 0.2) is 24.3 Å². The van der Waals surface area contributed by atoms with Crippen molar-refractivity contribution in [2.45, 2.75) is 25.7 Å². The molecule has 0 unspecified atom stereocenters. The van der Waals surface area contributed by atoms with Crippen LogP contribution < -0.4 is 10.1 Å². The quantitative estimate of drug-likeness (QED) is 0.771. The van der Waals surface area contributed by atoms with E-state index in [-0.39, 0.29) is 18.1 Å². The molecule has 0 bridgehead atoms. The van der Waals surface area contributed by atoms with Gasteiger partial charge in [0.25, 0.3) is 0 Å². The smallest absolute Gasteiger partial charge is 0.221 e. The van der Waals surface area contributed by atoms with Gasteiger partial charge in [0.05, 0.1) is 12.9 Å². The van der Waals surface area contributed by atoms with E-state index in [1.807, 2.05) is 24.3 Å². The zero-order valence-corrected chi connectivity index (χ0v) is 14.3. The predicted molar refractivity (Wildman–Crippen MR) is 88.9 cm³/mol. The Bertz CT molecular complexity index is 625. The lowest BCUT2D eigenvalue weighted by atomic mass is 10.1. The first-order valence-corrected chi connectivity index (χ1v) is 9.49. The highest BCUT2D eigenvalue weighted by molar-refractivity contribution is 7.89. The number of nitrogens with zero attached hydrogens (tertiary/aromatic N) is 1. The summed E-state index contributed by atoms with van der Waals surface area (Å²) >= 11 is 0. The molecule has 1 heterocycles. The number of carbonyl (C=O) groups is 1. The molecule has 1 N–H and O–H groups in total. The van der Waals surface area contributed by atoms with E-state index in [0.29, 0.717) is 26.1 Å². The first-order valence-electron chi connectivity index (χ1n) is 7.89. The molecule has 128 valence electrons. The van der Waals surface area contributed by atoms with Gasteiger partial charge in [0, 0.05) is 26.1 Å². The maximum atomic E-state index is 12.0. The summed E-state index contributed by atoms with van der Waals surface area (Å²) in [6.07, 6.45) is 2.51. The summed E-state index contributed by atoms with van der Waals surface area (Å²) < 4.78 is 30.7. The molecule has 0 saturated carbocycles. The molecule has 1 aromatic carbocycles. The van der Waals surface area contributed by atoms with Crippen molar-refractivity contribution < 1.29 is 17.9 Å². The van der Waals surface area contributed by atoms with Gasteiger partial charge < -0.3 is 10.1 Å². The highest BCUT2D eigenvalue weighted by atomic mass is 32.2. The molecule has 7 heteroatoms. The van der Waals surface area contributed by atoms with Gasteiger partial charge in [-0.2, -0.15) is 0 Å². The fraction of sp³-hybridized carbons (Fsp3) is 0.562. The number of sulfonamides is 1. The molecule has 1 aliphatic heterocycles. The summed E-state index contributed by atoms with van der Waals surface area (Å²) in [6.45, 7) is 1.65. The molecule has 23 heavy (non-hydrogen) atoms. The molecule has 0 radical (unpaired) electrons. The zero-order valence-electron chi connectivity index (χ0n) is 13.5. The predicted octanol–water partition coefficient (Wildman–Crippen LogP) is 1.17. The van der Waals surface area contributed by atoms with Gasteiger partial charge in [0.15, 0.2) is 0 Å². The summed E-state index contributed by atoms with van der Waals surface area (Å²) in [6, 6.07) is 7.65. The minimum atomic E-state index is -3.29.